The SMILES string of the molecule is Br.CCC1(c2cccc(O)c2)CCC(C)CN(C)C1. The van der Waals surface area contributed by atoms with Crippen molar-refractivity contribution in [1.82, 2.24) is 4.90 Å². The Balaban J connectivity index is 0.00000180. The molecule has 0 amide bonds. The zero-order chi connectivity index (χ0) is 13.2. The van der Waals surface area contributed by atoms with E-state index in [0.29, 0.717) is 5.75 Å². The molecule has 2 rings (SSSR count). The van der Waals surface area contributed by atoms with Gasteiger partial charge in [-0.3, -0.25) is 0 Å². The Bertz CT molecular complexity index is 409. The van der Waals surface area contributed by atoms with Crippen LogP contribution in [0.25, 0.3) is 0 Å². The first kappa shape index (κ1) is 16.5. The van der Waals surface area contributed by atoms with Crippen molar-refractivity contribution in [2.24, 2.45) is 5.92 Å². The van der Waals surface area contributed by atoms with E-state index in [-0.39, 0.29) is 22.4 Å². The number of benzene rings is 1. The Kier molecular flexibility index (Phi) is 5.87. The maximum atomic E-state index is 9.73. The number of rotatable bonds is 2. The zero-order valence-corrected chi connectivity index (χ0v) is 13.9. The molecule has 3 heteroatoms. The molecular formula is C16H26BrNO. The fourth-order valence-electron chi connectivity index (χ4n) is 3.37. The number of halogens is 1. The van der Waals surface area contributed by atoms with Gasteiger partial charge in [0.2, 0.25) is 0 Å². The molecule has 108 valence electrons. The van der Waals surface area contributed by atoms with Crippen LogP contribution in [0.2, 0.25) is 0 Å². The summed E-state index contributed by atoms with van der Waals surface area (Å²) in [7, 11) is 2.22. The van der Waals surface area contributed by atoms with Crippen molar-refractivity contribution < 1.29 is 5.11 Å². The molecule has 2 atom stereocenters. The fourth-order valence-corrected chi connectivity index (χ4v) is 3.37. The summed E-state index contributed by atoms with van der Waals surface area (Å²) < 4.78 is 0. The second-order valence-corrected chi connectivity index (χ2v) is 6.02. The van der Waals surface area contributed by atoms with Crippen LogP contribution in [0.3, 0.4) is 0 Å². The molecule has 1 aliphatic rings. The molecule has 0 radical (unpaired) electrons. The molecule has 0 spiro atoms. The summed E-state index contributed by atoms with van der Waals surface area (Å²) in [4.78, 5) is 2.45. The van der Waals surface area contributed by atoms with Gasteiger partial charge < -0.3 is 10.0 Å². The Labute approximate surface area is 127 Å². The number of hydrogen-bond donors (Lipinski definition) is 1. The number of likely N-dealkylation sites (tertiary alicyclic amines) is 1. The van der Waals surface area contributed by atoms with E-state index in [1.807, 2.05) is 12.1 Å². The third kappa shape index (κ3) is 3.73. The summed E-state index contributed by atoms with van der Waals surface area (Å²) in [6, 6.07) is 7.85. The van der Waals surface area contributed by atoms with Gasteiger partial charge in [-0.15, -0.1) is 17.0 Å². The van der Waals surface area contributed by atoms with Crippen molar-refractivity contribution in [3.8, 4) is 5.75 Å². The molecule has 2 nitrogen and oxygen atoms in total. The molecule has 0 aliphatic carbocycles. The van der Waals surface area contributed by atoms with E-state index >= 15 is 0 Å². The number of likely N-dealkylation sites (N-methyl/N-ethyl adjacent to an activating group) is 1. The third-order valence-corrected chi connectivity index (χ3v) is 4.45. The molecule has 1 saturated heterocycles. The van der Waals surface area contributed by atoms with E-state index in [0.717, 1.165) is 18.9 Å². The van der Waals surface area contributed by atoms with E-state index in [9.17, 15) is 5.11 Å². The van der Waals surface area contributed by atoms with Gasteiger partial charge in [-0.05, 0) is 49.9 Å². The zero-order valence-electron chi connectivity index (χ0n) is 12.2. The number of nitrogens with zero attached hydrogens (tertiary/aromatic N) is 1. The molecule has 19 heavy (non-hydrogen) atoms. The maximum Gasteiger partial charge on any atom is 0.115 e. The second kappa shape index (κ2) is 6.76. The molecule has 1 fully saturated rings. The van der Waals surface area contributed by atoms with Crippen LogP contribution < -0.4 is 0 Å². The smallest absolute Gasteiger partial charge is 0.115 e. The first-order valence-electron chi connectivity index (χ1n) is 7.04. The molecular weight excluding hydrogens is 302 g/mol. The molecule has 0 bridgehead atoms. The maximum absolute atomic E-state index is 9.73. The quantitative estimate of drug-likeness (QED) is 0.888. The number of phenolic OH excluding ortho intramolecular Hbond substituents is 1. The average Bonchev–Trinajstić information content (AvgIpc) is 2.48. The van der Waals surface area contributed by atoms with Gasteiger partial charge in [0.25, 0.3) is 0 Å². The van der Waals surface area contributed by atoms with Crippen molar-refractivity contribution in [1.29, 1.82) is 0 Å². The Morgan fingerprint density at radius 2 is 2.16 bits per heavy atom. The van der Waals surface area contributed by atoms with Gasteiger partial charge in [0.05, 0.1) is 0 Å². The van der Waals surface area contributed by atoms with Gasteiger partial charge in [0.1, 0.15) is 5.75 Å². The molecule has 0 saturated carbocycles. The summed E-state index contributed by atoms with van der Waals surface area (Å²) in [5.41, 5.74) is 1.50. The van der Waals surface area contributed by atoms with Gasteiger partial charge in [0, 0.05) is 18.5 Å². The van der Waals surface area contributed by atoms with Crippen LogP contribution in [-0.4, -0.2) is 30.1 Å². The van der Waals surface area contributed by atoms with E-state index in [4.69, 9.17) is 0 Å². The van der Waals surface area contributed by atoms with Crippen LogP contribution in [-0.2, 0) is 5.41 Å². The highest BCUT2D eigenvalue weighted by molar-refractivity contribution is 8.93. The average molecular weight is 328 g/mol. The van der Waals surface area contributed by atoms with Crippen LogP contribution in [0.5, 0.6) is 5.75 Å². The Morgan fingerprint density at radius 1 is 1.42 bits per heavy atom. The summed E-state index contributed by atoms with van der Waals surface area (Å²) in [6.45, 7) is 6.89. The minimum absolute atomic E-state index is 0. The standard InChI is InChI=1S/C16H25NO.BrH/c1-4-16(14-6-5-7-15(18)10-14)9-8-13(2)11-17(3)12-16;/h5-7,10,13,18H,4,8-9,11-12H2,1-3H3;1H. The van der Waals surface area contributed by atoms with Crippen LogP contribution in [0.15, 0.2) is 24.3 Å². The molecule has 1 aliphatic heterocycles. The Hall–Kier alpha value is -0.540. The molecule has 2 unspecified atom stereocenters. The summed E-state index contributed by atoms with van der Waals surface area (Å²) in [6.07, 6.45) is 3.62. The highest BCUT2D eigenvalue weighted by atomic mass is 79.9. The van der Waals surface area contributed by atoms with Gasteiger partial charge >= 0.3 is 0 Å². The summed E-state index contributed by atoms with van der Waals surface area (Å²) in [5.74, 6) is 1.15. The Morgan fingerprint density at radius 3 is 2.79 bits per heavy atom. The summed E-state index contributed by atoms with van der Waals surface area (Å²) in [5, 5.41) is 9.73. The van der Waals surface area contributed by atoms with E-state index in [1.165, 1.54) is 24.9 Å². The molecule has 1 N–H and O–H groups in total. The number of hydrogen-bond acceptors (Lipinski definition) is 2. The van der Waals surface area contributed by atoms with Crippen LogP contribution in [0.4, 0.5) is 0 Å². The van der Waals surface area contributed by atoms with Crippen LogP contribution >= 0.6 is 17.0 Å². The van der Waals surface area contributed by atoms with Gasteiger partial charge in [-0.1, -0.05) is 26.0 Å². The van der Waals surface area contributed by atoms with Gasteiger partial charge in [-0.2, -0.15) is 0 Å². The fraction of sp³-hybridized carbons (Fsp3) is 0.625. The molecule has 0 aromatic heterocycles. The van der Waals surface area contributed by atoms with E-state index in [1.54, 1.807) is 6.07 Å². The van der Waals surface area contributed by atoms with E-state index < -0.39 is 0 Å². The minimum atomic E-state index is 0. The molecule has 1 heterocycles. The highest BCUT2D eigenvalue weighted by Crippen LogP contribution is 2.38. The topological polar surface area (TPSA) is 23.5 Å². The number of aromatic hydroxyl groups is 1. The van der Waals surface area contributed by atoms with Crippen molar-refractivity contribution in [3.63, 3.8) is 0 Å². The first-order valence-corrected chi connectivity index (χ1v) is 7.04. The predicted molar refractivity (Wildman–Crippen MR) is 86.3 cm³/mol. The predicted octanol–water partition coefficient (Wildman–Crippen LogP) is 3.98. The van der Waals surface area contributed by atoms with Crippen LogP contribution in [0, 0.1) is 5.92 Å². The largest absolute Gasteiger partial charge is 0.508 e. The molecule has 1 aromatic carbocycles. The van der Waals surface area contributed by atoms with E-state index in [2.05, 4.69) is 31.9 Å². The first-order chi connectivity index (χ1) is 8.55. The lowest BCUT2D eigenvalue weighted by atomic mass is 9.74. The minimum Gasteiger partial charge on any atom is -0.508 e. The number of phenols is 1. The third-order valence-electron chi connectivity index (χ3n) is 4.45. The normalized spacial score (nSPS) is 28.5. The lowest BCUT2D eigenvalue weighted by molar-refractivity contribution is 0.248. The summed E-state index contributed by atoms with van der Waals surface area (Å²) >= 11 is 0. The molecule has 1 aromatic rings. The van der Waals surface area contributed by atoms with Crippen molar-refractivity contribution in [2.45, 2.75) is 38.5 Å². The lowest BCUT2D eigenvalue weighted by Gasteiger charge is -2.35. The van der Waals surface area contributed by atoms with Crippen molar-refractivity contribution in [3.05, 3.63) is 29.8 Å². The monoisotopic (exact) mass is 327 g/mol. The van der Waals surface area contributed by atoms with Crippen LogP contribution in [0.1, 0.15) is 38.7 Å². The van der Waals surface area contributed by atoms with Gasteiger partial charge in [-0.25, -0.2) is 0 Å². The highest BCUT2D eigenvalue weighted by Gasteiger charge is 2.34. The second-order valence-electron chi connectivity index (χ2n) is 6.02. The van der Waals surface area contributed by atoms with Crippen molar-refractivity contribution >= 4 is 17.0 Å². The van der Waals surface area contributed by atoms with Crippen molar-refractivity contribution in [2.75, 3.05) is 20.1 Å². The lowest BCUT2D eigenvalue weighted by Crippen LogP contribution is -2.37. The van der Waals surface area contributed by atoms with Gasteiger partial charge in [0.15, 0.2) is 0 Å².